The summed E-state index contributed by atoms with van der Waals surface area (Å²) < 4.78 is 1.02. The van der Waals surface area contributed by atoms with Gasteiger partial charge in [0.25, 0.3) is 0 Å². The molecule has 1 aromatic heterocycles. The van der Waals surface area contributed by atoms with Gasteiger partial charge in [-0.15, -0.1) is 11.3 Å². The summed E-state index contributed by atoms with van der Waals surface area (Å²) in [5.41, 5.74) is 0. The highest BCUT2D eigenvalue weighted by atomic mass is 79.9. The van der Waals surface area contributed by atoms with E-state index in [-0.39, 0.29) is 23.9 Å². The van der Waals surface area contributed by atoms with Crippen molar-refractivity contribution < 1.29 is 9.59 Å². The predicted molar refractivity (Wildman–Crippen MR) is 76.7 cm³/mol. The first-order valence-corrected chi connectivity index (χ1v) is 8.07. The predicted octanol–water partition coefficient (Wildman–Crippen LogP) is 2.14. The van der Waals surface area contributed by atoms with Crippen LogP contribution in [-0.2, 0) is 16.1 Å². The molecular formula is C13H15BrN2O2S. The minimum Gasteiger partial charge on any atom is -0.342 e. The summed E-state index contributed by atoms with van der Waals surface area (Å²) in [6, 6.07) is 1.32. The summed E-state index contributed by atoms with van der Waals surface area (Å²) in [5.74, 6) is 0.382. The van der Waals surface area contributed by atoms with Crippen molar-refractivity contribution in [3.05, 3.63) is 20.8 Å². The van der Waals surface area contributed by atoms with Crippen LogP contribution in [0.25, 0.3) is 0 Å². The van der Waals surface area contributed by atoms with Gasteiger partial charge in [-0.25, -0.2) is 0 Å². The molecule has 1 saturated heterocycles. The SMILES string of the molecule is CC1C(=O)NC(C2CC2)C(=O)N1Cc1cc(Br)cs1. The van der Waals surface area contributed by atoms with Gasteiger partial charge < -0.3 is 10.2 Å². The maximum Gasteiger partial charge on any atom is 0.246 e. The molecule has 3 rings (SSSR count). The Morgan fingerprint density at radius 1 is 1.47 bits per heavy atom. The number of rotatable bonds is 3. The molecule has 2 aliphatic rings. The Morgan fingerprint density at radius 2 is 2.21 bits per heavy atom. The Labute approximate surface area is 124 Å². The van der Waals surface area contributed by atoms with Crippen LogP contribution in [0, 0.1) is 5.92 Å². The summed E-state index contributed by atoms with van der Waals surface area (Å²) in [6.07, 6.45) is 2.09. The second-order valence-corrected chi connectivity index (χ2v) is 7.11. The summed E-state index contributed by atoms with van der Waals surface area (Å²) in [7, 11) is 0. The fourth-order valence-electron chi connectivity index (χ4n) is 2.42. The van der Waals surface area contributed by atoms with Crippen molar-refractivity contribution in [1.82, 2.24) is 10.2 Å². The van der Waals surface area contributed by atoms with Crippen LogP contribution >= 0.6 is 27.3 Å². The van der Waals surface area contributed by atoms with Gasteiger partial charge in [0, 0.05) is 14.7 Å². The molecule has 0 aromatic carbocycles. The van der Waals surface area contributed by atoms with Crippen molar-refractivity contribution in [3.8, 4) is 0 Å². The van der Waals surface area contributed by atoms with Crippen molar-refractivity contribution >= 4 is 39.1 Å². The van der Waals surface area contributed by atoms with Crippen molar-refractivity contribution in [3.63, 3.8) is 0 Å². The normalized spacial score (nSPS) is 27.6. The number of nitrogens with zero attached hydrogens (tertiary/aromatic N) is 1. The van der Waals surface area contributed by atoms with E-state index >= 15 is 0 Å². The smallest absolute Gasteiger partial charge is 0.246 e. The first-order valence-electron chi connectivity index (χ1n) is 6.40. The van der Waals surface area contributed by atoms with E-state index in [0.29, 0.717) is 12.5 Å². The quantitative estimate of drug-likeness (QED) is 0.914. The average molecular weight is 343 g/mol. The average Bonchev–Trinajstić information content (AvgIpc) is 3.13. The summed E-state index contributed by atoms with van der Waals surface area (Å²) in [4.78, 5) is 27.3. The summed E-state index contributed by atoms with van der Waals surface area (Å²) in [5, 5.41) is 4.86. The molecule has 102 valence electrons. The first-order chi connectivity index (χ1) is 9.06. The zero-order valence-electron chi connectivity index (χ0n) is 10.6. The number of thiophene rings is 1. The Morgan fingerprint density at radius 3 is 2.79 bits per heavy atom. The highest BCUT2D eigenvalue weighted by Gasteiger charge is 2.45. The molecule has 6 heteroatoms. The number of nitrogens with one attached hydrogen (secondary N) is 1. The van der Waals surface area contributed by atoms with Crippen molar-refractivity contribution in [2.75, 3.05) is 0 Å². The number of hydrogen-bond acceptors (Lipinski definition) is 3. The van der Waals surface area contributed by atoms with E-state index in [9.17, 15) is 9.59 Å². The van der Waals surface area contributed by atoms with Gasteiger partial charge in [-0.05, 0) is 47.7 Å². The zero-order chi connectivity index (χ0) is 13.6. The molecule has 2 amide bonds. The van der Waals surface area contributed by atoms with Crippen molar-refractivity contribution in [1.29, 1.82) is 0 Å². The number of carbonyl (C=O) groups is 2. The number of amides is 2. The first kappa shape index (κ1) is 13.1. The molecule has 2 heterocycles. The van der Waals surface area contributed by atoms with E-state index < -0.39 is 0 Å². The van der Waals surface area contributed by atoms with E-state index in [1.54, 1.807) is 23.2 Å². The molecule has 1 aliphatic heterocycles. The van der Waals surface area contributed by atoms with E-state index in [1.165, 1.54) is 0 Å². The molecule has 1 aromatic rings. The van der Waals surface area contributed by atoms with Gasteiger partial charge >= 0.3 is 0 Å². The van der Waals surface area contributed by atoms with Crippen molar-refractivity contribution in [2.24, 2.45) is 5.92 Å². The summed E-state index contributed by atoms with van der Waals surface area (Å²) >= 11 is 5.01. The molecule has 1 N–H and O–H groups in total. The third-order valence-electron chi connectivity index (χ3n) is 3.74. The van der Waals surface area contributed by atoms with Crippen LogP contribution < -0.4 is 5.32 Å². The van der Waals surface area contributed by atoms with Gasteiger partial charge in [-0.2, -0.15) is 0 Å². The van der Waals surface area contributed by atoms with E-state index in [2.05, 4.69) is 21.2 Å². The van der Waals surface area contributed by atoms with E-state index in [0.717, 1.165) is 22.2 Å². The van der Waals surface area contributed by atoms with Gasteiger partial charge in [-0.1, -0.05) is 0 Å². The summed E-state index contributed by atoms with van der Waals surface area (Å²) in [6.45, 7) is 2.31. The van der Waals surface area contributed by atoms with Gasteiger partial charge in [-0.3, -0.25) is 9.59 Å². The molecule has 0 radical (unpaired) electrons. The lowest BCUT2D eigenvalue weighted by Gasteiger charge is -2.37. The Bertz CT molecular complexity index is 526. The number of carbonyl (C=O) groups excluding carboxylic acids is 2. The second kappa shape index (κ2) is 4.90. The lowest BCUT2D eigenvalue weighted by atomic mass is 10.0. The Balaban J connectivity index is 1.80. The monoisotopic (exact) mass is 342 g/mol. The van der Waals surface area contributed by atoms with Gasteiger partial charge in [0.15, 0.2) is 0 Å². The second-order valence-electron chi connectivity index (χ2n) is 5.20. The highest BCUT2D eigenvalue weighted by molar-refractivity contribution is 9.10. The van der Waals surface area contributed by atoms with Crippen LogP contribution in [-0.4, -0.2) is 28.8 Å². The van der Waals surface area contributed by atoms with E-state index in [4.69, 9.17) is 0 Å². The number of piperazine rings is 1. The zero-order valence-corrected chi connectivity index (χ0v) is 13.0. The largest absolute Gasteiger partial charge is 0.342 e. The minimum absolute atomic E-state index is 0.0351. The molecule has 4 nitrogen and oxygen atoms in total. The van der Waals surface area contributed by atoms with Crippen LogP contribution in [0.1, 0.15) is 24.6 Å². The molecular weight excluding hydrogens is 328 g/mol. The van der Waals surface area contributed by atoms with Gasteiger partial charge in [0.05, 0.1) is 6.54 Å². The van der Waals surface area contributed by atoms with Gasteiger partial charge in [0.2, 0.25) is 11.8 Å². The molecule has 2 fully saturated rings. The molecule has 0 spiro atoms. The molecule has 0 bridgehead atoms. The Kier molecular flexibility index (Phi) is 3.39. The maximum absolute atomic E-state index is 12.5. The highest BCUT2D eigenvalue weighted by Crippen LogP contribution is 2.35. The molecule has 1 aliphatic carbocycles. The van der Waals surface area contributed by atoms with E-state index in [1.807, 2.05) is 11.4 Å². The lowest BCUT2D eigenvalue weighted by molar-refractivity contribution is -0.149. The molecule has 2 atom stereocenters. The third kappa shape index (κ3) is 2.56. The maximum atomic E-state index is 12.5. The molecule has 1 saturated carbocycles. The van der Waals surface area contributed by atoms with Crippen LogP contribution in [0.2, 0.25) is 0 Å². The standard InChI is InChI=1S/C13H15BrN2O2S/c1-7-12(17)15-11(8-2-3-8)13(18)16(7)5-10-4-9(14)6-19-10/h4,6-8,11H,2-3,5H2,1H3,(H,15,17). The topological polar surface area (TPSA) is 49.4 Å². The van der Waals surface area contributed by atoms with Crippen LogP contribution in [0.5, 0.6) is 0 Å². The molecule has 2 unspecified atom stereocenters. The fraction of sp³-hybridized carbons (Fsp3) is 0.538. The van der Waals surface area contributed by atoms with Crippen LogP contribution in [0.3, 0.4) is 0 Å². The third-order valence-corrected chi connectivity index (χ3v) is 5.42. The van der Waals surface area contributed by atoms with Crippen molar-refractivity contribution in [2.45, 2.75) is 38.4 Å². The Hall–Kier alpha value is -0.880. The minimum atomic E-state index is -0.386. The molecule has 19 heavy (non-hydrogen) atoms. The van der Waals surface area contributed by atoms with Gasteiger partial charge in [0.1, 0.15) is 12.1 Å². The van der Waals surface area contributed by atoms with Crippen LogP contribution in [0.4, 0.5) is 0 Å². The van der Waals surface area contributed by atoms with Crippen LogP contribution in [0.15, 0.2) is 15.9 Å². The number of hydrogen-bond donors (Lipinski definition) is 1. The number of halogens is 1. The fourth-order valence-corrected chi connectivity index (χ4v) is 3.86. The lowest BCUT2D eigenvalue weighted by Crippen LogP contribution is -2.62.